The van der Waals surface area contributed by atoms with Gasteiger partial charge in [0.05, 0.1) is 37.0 Å². The predicted molar refractivity (Wildman–Crippen MR) is 107 cm³/mol. The summed E-state index contributed by atoms with van der Waals surface area (Å²) in [7, 11) is 1.39. The summed E-state index contributed by atoms with van der Waals surface area (Å²) in [5.74, 6) is -4.18. The molecule has 0 spiro atoms. The molecule has 9 nitrogen and oxygen atoms in total. The van der Waals surface area contributed by atoms with Crippen LogP contribution in [0.1, 0.15) is 21.7 Å². The Balaban J connectivity index is 1.66. The molecule has 1 saturated heterocycles. The number of benzene rings is 1. The van der Waals surface area contributed by atoms with Gasteiger partial charge in [-0.25, -0.2) is 23.1 Å². The van der Waals surface area contributed by atoms with Gasteiger partial charge < -0.3 is 19.9 Å². The summed E-state index contributed by atoms with van der Waals surface area (Å²) in [5.41, 5.74) is 0.959. The molecule has 1 aromatic heterocycles. The van der Waals surface area contributed by atoms with Crippen LogP contribution in [-0.2, 0) is 4.79 Å². The van der Waals surface area contributed by atoms with E-state index in [0.29, 0.717) is 5.56 Å². The van der Waals surface area contributed by atoms with Gasteiger partial charge in [-0.05, 0) is 19.1 Å². The van der Waals surface area contributed by atoms with E-state index in [4.69, 9.17) is 10.00 Å². The molecule has 1 fully saturated rings. The molecule has 0 unspecified atom stereocenters. The molecule has 2 amide bonds. The third-order valence-corrected chi connectivity index (χ3v) is 4.73. The minimum Gasteiger partial charge on any atom is -0.461 e. The van der Waals surface area contributed by atoms with E-state index < -0.39 is 44.2 Å². The zero-order chi connectivity index (χ0) is 23.5. The van der Waals surface area contributed by atoms with E-state index in [1.54, 1.807) is 6.92 Å². The molecule has 0 bridgehead atoms. The van der Waals surface area contributed by atoms with Gasteiger partial charge in [0.15, 0.2) is 0 Å². The standard InChI is InChI=1S/C20H19F3N6O3/c1-12-7-25-17(27-18(12)29-9-20(22,23)10-29)19(31)26-8-16(30)28(2)14-4-3-13(6-24)5-15(14)32-11-21/h3-5,7H,8-11H2,1-2H3,(H,26,31). The molecular weight excluding hydrogens is 429 g/mol. The molecule has 2 aromatic rings. The second-order valence-electron chi connectivity index (χ2n) is 7.10. The van der Waals surface area contributed by atoms with Crippen molar-refractivity contribution in [1.82, 2.24) is 15.3 Å². The molecule has 168 valence electrons. The van der Waals surface area contributed by atoms with Gasteiger partial charge in [-0.15, -0.1) is 0 Å². The van der Waals surface area contributed by atoms with Gasteiger partial charge in [0.2, 0.25) is 18.6 Å². The van der Waals surface area contributed by atoms with E-state index in [0.717, 1.165) is 4.90 Å². The number of carbonyl (C=O) groups is 2. The number of alkyl halides is 3. The first-order valence-corrected chi connectivity index (χ1v) is 9.39. The highest BCUT2D eigenvalue weighted by atomic mass is 19.3. The number of nitrogens with zero attached hydrogens (tertiary/aromatic N) is 5. The fourth-order valence-corrected chi connectivity index (χ4v) is 3.05. The van der Waals surface area contributed by atoms with Gasteiger partial charge in [-0.3, -0.25) is 9.59 Å². The number of hydrogen-bond acceptors (Lipinski definition) is 7. The summed E-state index contributed by atoms with van der Waals surface area (Å²) in [5, 5.41) is 11.3. The van der Waals surface area contributed by atoms with Crippen LogP contribution in [0.25, 0.3) is 0 Å². The molecular formula is C20H19F3N6O3. The molecule has 1 aliphatic heterocycles. The van der Waals surface area contributed by atoms with Crippen LogP contribution in [0.5, 0.6) is 5.75 Å². The van der Waals surface area contributed by atoms with Gasteiger partial charge in [-0.2, -0.15) is 5.26 Å². The smallest absolute Gasteiger partial charge is 0.289 e. The van der Waals surface area contributed by atoms with E-state index in [2.05, 4.69) is 15.3 Å². The van der Waals surface area contributed by atoms with Crippen LogP contribution in [-0.4, -0.2) is 61.2 Å². The lowest BCUT2D eigenvalue weighted by Gasteiger charge is -2.40. The summed E-state index contributed by atoms with van der Waals surface area (Å²) in [6.45, 7) is -0.956. The second-order valence-corrected chi connectivity index (χ2v) is 7.10. The number of ether oxygens (including phenoxy) is 1. The Hall–Kier alpha value is -3.88. The van der Waals surface area contributed by atoms with E-state index >= 15 is 0 Å². The first kappa shape index (κ1) is 22.8. The number of aryl methyl sites for hydroxylation is 1. The molecule has 0 aliphatic carbocycles. The van der Waals surface area contributed by atoms with Crippen LogP contribution in [0, 0.1) is 18.3 Å². The minimum absolute atomic E-state index is 0.00779. The van der Waals surface area contributed by atoms with Crippen LogP contribution in [0.3, 0.4) is 0 Å². The Morgan fingerprint density at radius 3 is 2.72 bits per heavy atom. The SMILES string of the molecule is Cc1cnc(C(=O)NCC(=O)N(C)c2ccc(C#N)cc2OCF)nc1N1CC(F)(F)C1. The van der Waals surface area contributed by atoms with Crippen molar-refractivity contribution >= 4 is 23.3 Å². The van der Waals surface area contributed by atoms with Crippen molar-refractivity contribution in [3.05, 3.63) is 41.3 Å². The van der Waals surface area contributed by atoms with Crippen LogP contribution in [0.2, 0.25) is 0 Å². The summed E-state index contributed by atoms with van der Waals surface area (Å²) >= 11 is 0. The van der Waals surface area contributed by atoms with Crippen molar-refractivity contribution < 1.29 is 27.5 Å². The highest BCUT2D eigenvalue weighted by Crippen LogP contribution is 2.32. The number of nitriles is 1. The van der Waals surface area contributed by atoms with Crippen molar-refractivity contribution in [3.8, 4) is 11.8 Å². The maximum atomic E-state index is 13.2. The molecule has 2 heterocycles. The zero-order valence-corrected chi connectivity index (χ0v) is 17.2. The summed E-state index contributed by atoms with van der Waals surface area (Å²) in [4.78, 5) is 35.3. The fourth-order valence-electron chi connectivity index (χ4n) is 3.05. The molecule has 1 aromatic carbocycles. The van der Waals surface area contributed by atoms with E-state index in [9.17, 15) is 22.8 Å². The quantitative estimate of drug-likeness (QED) is 0.688. The Morgan fingerprint density at radius 2 is 2.09 bits per heavy atom. The molecule has 32 heavy (non-hydrogen) atoms. The predicted octanol–water partition coefficient (Wildman–Crippen LogP) is 1.81. The van der Waals surface area contributed by atoms with Crippen molar-refractivity contribution in [3.63, 3.8) is 0 Å². The Bertz CT molecular complexity index is 1080. The van der Waals surface area contributed by atoms with Gasteiger partial charge in [0.25, 0.3) is 11.8 Å². The van der Waals surface area contributed by atoms with Crippen LogP contribution >= 0.6 is 0 Å². The number of nitrogens with one attached hydrogen (secondary N) is 1. The molecule has 1 aliphatic rings. The number of hydrogen-bond donors (Lipinski definition) is 1. The zero-order valence-electron chi connectivity index (χ0n) is 17.2. The number of rotatable bonds is 7. The fraction of sp³-hybridized carbons (Fsp3) is 0.350. The average molecular weight is 448 g/mol. The molecule has 3 rings (SSSR count). The number of carbonyl (C=O) groups excluding carboxylic acids is 2. The summed E-state index contributed by atoms with van der Waals surface area (Å²) < 4.78 is 43.8. The van der Waals surface area contributed by atoms with Crippen LogP contribution in [0.4, 0.5) is 24.7 Å². The van der Waals surface area contributed by atoms with E-state index in [1.165, 1.54) is 36.3 Å². The van der Waals surface area contributed by atoms with Crippen LogP contribution in [0.15, 0.2) is 24.4 Å². The van der Waals surface area contributed by atoms with Gasteiger partial charge >= 0.3 is 0 Å². The molecule has 0 atom stereocenters. The highest BCUT2D eigenvalue weighted by molar-refractivity contribution is 5.99. The minimum atomic E-state index is -2.80. The number of halogens is 3. The lowest BCUT2D eigenvalue weighted by atomic mass is 10.1. The number of anilines is 2. The molecule has 0 saturated carbocycles. The van der Waals surface area contributed by atoms with Gasteiger partial charge in [0, 0.05) is 24.9 Å². The summed E-state index contributed by atoms with van der Waals surface area (Å²) in [6.07, 6.45) is 1.35. The maximum Gasteiger partial charge on any atom is 0.289 e. The molecule has 12 heteroatoms. The van der Waals surface area contributed by atoms with Crippen molar-refractivity contribution in [2.75, 3.05) is 43.3 Å². The number of likely N-dealkylation sites (N-methyl/N-ethyl adjacent to an activating group) is 1. The Labute approximate surface area is 181 Å². The van der Waals surface area contributed by atoms with Gasteiger partial charge in [-0.1, -0.05) is 0 Å². The lowest BCUT2D eigenvalue weighted by molar-refractivity contribution is -0.117. The monoisotopic (exact) mass is 448 g/mol. The Kier molecular flexibility index (Phi) is 6.47. The first-order valence-electron chi connectivity index (χ1n) is 9.39. The molecule has 1 N–H and O–H groups in total. The highest BCUT2D eigenvalue weighted by Gasteiger charge is 2.45. The molecule has 0 radical (unpaired) electrons. The lowest BCUT2D eigenvalue weighted by Crippen LogP contribution is -2.57. The summed E-state index contributed by atoms with van der Waals surface area (Å²) in [6, 6.07) is 6.03. The number of amides is 2. The van der Waals surface area contributed by atoms with E-state index in [-0.39, 0.29) is 28.6 Å². The van der Waals surface area contributed by atoms with Crippen LogP contribution < -0.4 is 19.9 Å². The van der Waals surface area contributed by atoms with Crippen molar-refractivity contribution in [2.24, 2.45) is 0 Å². The van der Waals surface area contributed by atoms with Gasteiger partial charge in [0.1, 0.15) is 11.6 Å². The van der Waals surface area contributed by atoms with E-state index in [1.807, 2.05) is 6.07 Å². The van der Waals surface area contributed by atoms with Crippen molar-refractivity contribution in [2.45, 2.75) is 12.8 Å². The third-order valence-electron chi connectivity index (χ3n) is 4.73. The Morgan fingerprint density at radius 1 is 1.38 bits per heavy atom. The second kappa shape index (κ2) is 9.09. The maximum absolute atomic E-state index is 13.2. The normalized spacial score (nSPS) is 14.2. The third kappa shape index (κ3) is 4.88. The number of aromatic nitrogens is 2. The average Bonchev–Trinajstić information content (AvgIpc) is 2.75. The topological polar surface area (TPSA) is 111 Å². The first-order chi connectivity index (χ1) is 15.1. The largest absolute Gasteiger partial charge is 0.461 e. The van der Waals surface area contributed by atoms with Crippen molar-refractivity contribution in [1.29, 1.82) is 5.26 Å².